The van der Waals surface area contributed by atoms with E-state index in [0.29, 0.717) is 10.2 Å². The molecular formula is C22H17BrN2O3. The highest BCUT2D eigenvalue weighted by Gasteiger charge is 2.64. The van der Waals surface area contributed by atoms with Crippen LogP contribution >= 0.6 is 15.9 Å². The van der Waals surface area contributed by atoms with Gasteiger partial charge in [-0.25, -0.2) is 4.90 Å². The van der Waals surface area contributed by atoms with E-state index in [2.05, 4.69) is 15.9 Å². The van der Waals surface area contributed by atoms with Crippen LogP contribution in [0.1, 0.15) is 24.1 Å². The zero-order valence-corrected chi connectivity index (χ0v) is 16.7. The van der Waals surface area contributed by atoms with Crippen molar-refractivity contribution >= 4 is 45.3 Å². The number of amides is 2. The van der Waals surface area contributed by atoms with E-state index in [1.165, 1.54) is 11.8 Å². The van der Waals surface area contributed by atoms with Gasteiger partial charge in [0.2, 0.25) is 11.8 Å². The second kappa shape index (κ2) is 6.14. The summed E-state index contributed by atoms with van der Waals surface area (Å²) in [6.07, 6.45) is 3.81. The molecule has 3 aliphatic heterocycles. The van der Waals surface area contributed by atoms with E-state index in [-0.39, 0.29) is 23.6 Å². The highest BCUT2D eigenvalue weighted by molar-refractivity contribution is 9.10. The Balaban J connectivity index is 1.67. The van der Waals surface area contributed by atoms with Gasteiger partial charge in [-0.1, -0.05) is 36.4 Å². The normalized spacial score (nSPS) is 27.6. The lowest BCUT2D eigenvalue weighted by atomic mass is 9.84. The second-order valence-corrected chi connectivity index (χ2v) is 8.26. The van der Waals surface area contributed by atoms with Gasteiger partial charge in [-0.15, -0.1) is 0 Å². The molecule has 6 heteroatoms. The van der Waals surface area contributed by atoms with Gasteiger partial charge in [0.05, 0.1) is 29.6 Å². The minimum atomic E-state index is -0.682. The molecule has 5 nitrogen and oxygen atoms in total. The van der Waals surface area contributed by atoms with Crippen molar-refractivity contribution in [2.75, 3.05) is 4.90 Å². The Morgan fingerprint density at radius 3 is 2.39 bits per heavy atom. The number of anilines is 1. The van der Waals surface area contributed by atoms with E-state index in [1.807, 2.05) is 47.5 Å². The summed E-state index contributed by atoms with van der Waals surface area (Å²) in [5, 5.41) is 0. The van der Waals surface area contributed by atoms with Crippen molar-refractivity contribution in [3.8, 4) is 0 Å². The fourth-order valence-electron chi connectivity index (χ4n) is 4.89. The largest absolute Gasteiger partial charge is 0.359 e. The van der Waals surface area contributed by atoms with Crippen molar-refractivity contribution in [2.45, 2.75) is 19.0 Å². The highest BCUT2D eigenvalue weighted by Crippen LogP contribution is 2.53. The van der Waals surface area contributed by atoms with E-state index in [9.17, 15) is 14.4 Å². The Kier molecular flexibility index (Phi) is 3.81. The first-order valence-corrected chi connectivity index (χ1v) is 9.97. The molecule has 3 heterocycles. The van der Waals surface area contributed by atoms with Crippen molar-refractivity contribution in [3.63, 3.8) is 0 Å². The average molecular weight is 437 g/mol. The summed E-state index contributed by atoms with van der Waals surface area (Å²) in [6, 6.07) is 14.1. The molecule has 0 unspecified atom stereocenters. The van der Waals surface area contributed by atoms with Crippen LogP contribution in [0.4, 0.5) is 5.69 Å². The Hall–Kier alpha value is -2.73. The number of hydrogen-bond acceptors (Lipinski definition) is 4. The molecule has 0 aliphatic carbocycles. The summed E-state index contributed by atoms with van der Waals surface area (Å²) in [5.74, 6) is -1.91. The average Bonchev–Trinajstić information content (AvgIpc) is 3.16. The first kappa shape index (κ1) is 17.4. The third-order valence-corrected chi connectivity index (χ3v) is 6.64. The third kappa shape index (κ3) is 2.21. The smallest absolute Gasteiger partial charge is 0.240 e. The van der Waals surface area contributed by atoms with E-state index < -0.39 is 17.9 Å². The fraction of sp³-hybridized carbons (Fsp3) is 0.227. The Labute approximate surface area is 170 Å². The molecule has 0 bridgehead atoms. The number of imide groups is 1. The van der Waals surface area contributed by atoms with Gasteiger partial charge in [-0.3, -0.25) is 14.4 Å². The summed E-state index contributed by atoms with van der Waals surface area (Å²) < 4.78 is 0.678. The minimum Gasteiger partial charge on any atom is -0.359 e. The molecule has 0 N–H and O–H groups in total. The highest BCUT2D eigenvalue weighted by atomic mass is 79.9. The number of nitrogens with zero attached hydrogens (tertiary/aromatic N) is 2. The summed E-state index contributed by atoms with van der Waals surface area (Å²) in [4.78, 5) is 42.6. The number of carbonyl (C=O) groups excluding carboxylic acids is 3. The predicted octanol–water partition coefficient (Wildman–Crippen LogP) is 3.55. The van der Waals surface area contributed by atoms with Crippen LogP contribution in [-0.4, -0.2) is 28.5 Å². The van der Waals surface area contributed by atoms with Gasteiger partial charge in [-0.2, -0.15) is 0 Å². The molecule has 0 aromatic heterocycles. The molecule has 5 rings (SSSR count). The molecule has 140 valence electrons. The third-order valence-electron chi connectivity index (χ3n) is 5.97. The van der Waals surface area contributed by atoms with Crippen LogP contribution in [0.2, 0.25) is 0 Å². The van der Waals surface area contributed by atoms with Crippen molar-refractivity contribution in [2.24, 2.45) is 11.8 Å². The van der Waals surface area contributed by atoms with Crippen molar-refractivity contribution in [1.29, 1.82) is 0 Å². The first-order chi connectivity index (χ1) is 13.5. The molecular weight excluding hydrogens is 420 g/mol. The molecule has 0 radical (unpaired) electrons. The summed E-state index contributed by atoms with van der Waals surface area (Å²) in [5.41, 5.74) is 2.53. The molecule has 0 saturated carbocycles. The fourth-order valence-corrected chi connectivity index (χ4v) is 5.35. The number of halogens is 1. The molecule has 4 atom stereocenters. The Bertz CT molecular complexity index is 1060. The molecule has 2 aromatic carbocycles. The number of benzene rings is 2. The number of para-hydroxylation sites is 1. The van der Waals surface area contributed by atoms with E-state index >= 15 is 0 Å². The summed E-state index contributed by atoms with van der Waals surface area (Å²) >= 11 is 3.45. The number of rotatable bonds is 2. The first-order valence-electron chi connectivity index (χ1n) is 9.18. The molecule has 28 heavy (non-hydrogen) atoms. The van der Waals surface area contributed by atoms with Crippen molar-refractivity contribution in [1.82, 2.24) is 4.90 Å². The number of hydrogen-bond donors (Lipinski definition) is 0. The molecule has 2 saturated heterocycles. The lowest BCUT2D eigenvalue weighted by Crippen LogP contribution is -2.43. The van der Waals surface area contributed by atoms with Crippen LogP contribution in [0.3, 0.4) is 0 Å². The molecule has 2 aromatic rings. The topological polar surface area (TPSA) is 57.7 Å². The van der Waals surface area contributed by atoms with Gasteiger partial charge in [-0.05, 0) is 52.2 Å². The quantitative estimate of drug-likeness (QED) is 0.675. The number of Topliss-reactive ketones (excluding diaryl/α,β-unsaturated/α-hetero) is 1. The van der Waals surface area contributed by atoms with Gasteiger partial charge in [0.15, 0.2) is 5.78 Å². The van der Waals surface area contributed by atoms with Gasteiger partial charge >= 0.3 is 0 Å². The lowest BCUT2D eigenvalue weighted by Gasteiger charge is -2.35. The van der Waals surface area contributed by atoms with Crippen LogP contribution in [-0.2, 0) is 14.4 Å². The standard InChI is InChI=1S/C22H17BrN2O3/c1-12(26)19-17-18(20-14-7-3-2-6-13(14)10-11-24(19)20)22(28)25(21(17)27)16-9-5-4-8-15(16)23/h2-11,17-20H,1H3/t17-,18-,19-,20+/m1/s1. The predicted molar refractivity (Wildman–Crippen MR) is 108 cm³/mol. The van der Waals surface area contributed by atoms with Crippen molar-refractivity contribution in [3.05, 3.63) is 70.3 Å². The molecule has 0 spiro atoms. The second-order valence-electron chi connectivity index (χ2n) is 7.41. The van der Waals surface area contributed by atoms with Gasteiger partial charge < -0.3 is 4.90 Å². The number of ketones is 1. The summed E-state index contributed by atoms with van der Waals surface area (Å²) in [6.45, 7) is 1.50. The maximum absolute atomic E-state index is 13.5. The number of carbonyl (C=O) groups is 3. The Morgan fingerprint density at radius 1 is 0.964 bits per heavy atom. The van der Waals surface area contributed by atoms with Gasteiger partial charge in [0, 0.05) is 10.7 Å². The van der Waals surface area contributed by atoms with Crippen LogP contribution < -0.4 is 4.90 Å². The zero-order chi connectivity index (χ0) is 19.6. The Morgan fingerprint density at radius 2 is 1.64 bits per heavy atom. The van der Waals surface area contributed by atoms with Crippen LogP contribution in [0, 0.1) is 11.8 Å². The van der Waals surface area contributed by atoms with Crippen LogP contribution in [0.15, 0.2) is 59.2 Å². The lowest BCUT2D eigenvalue weighted by molar-refractivity contribution is -0.129. The van der Waals surface area contributed by atoms with E-state index in [1.54, 1.807) is 18.2 Å². The molecule has 2 fully saturated rings. The maximum Gasteiger partial charge on any atom is 0.240 e. The molecule has 3 aliphatic rings. The van der Waals surface area contributed by atoms with Crippen LogP contribution in [0.5, 0.6) is 0 Å². The minimum absolute atomic E-state index is 0.100. The monoisotopic (exact) mass is 436 g/mol. The number of fused-ring (bicyclic) bond motifs is 5. The van der Waals surface area contributed by atoms with Crippen molar-refractivity contribution < 1.29 is 14.4 Å². The SMILES string of the molecule is CC(=O)[C@@H]1[C@@H]2C(=O)N(c3ccccc3Br)C(=O)[C@H]2[C@@H]2c3ccccc3C=CN12. The van der Waals surface area contributed by atoms with E-state index in [0.717, 1.165) is 11.1 Å². The zero-order valence-electron chi connectivity index (χ0n) is 15.1. The van der Waals surface area contributed by atoms with Gasteiger partial charge in [0.25, 0.3) is 0 Å². The summed E-state index contributed by atoms with van der Waals surface area (Å²) in [7, 11) is 0. The van der Waals surface area contributed by atoms with Gasteiger partial charge in [0.1, 0.15) is 0 Å². The molecule has 2 amide bonds. The maximum atomic E-state index is 13.5. The van der Waals surface area contributed by atoms with Crippen LogP contribution in [0.25, 0.3) is 6.08 Å². The van der Waals surface area contributed by atoms with E-state index in [4.69, 9.17) is 0 Å².